The summed E-state index contributed by atoms with van der Waals surface area (Å²) < 4.78 is 53.7. The van der Waals surface area contributed by atoms with Gasteiger partial charge in [-0.05, 0) is 50.6 Å². The molecule has 2 heterocycles. The third-order valence-electron chi connectivity index (χ3n) is 6.69. The Balaban J connectivity index is 1.65. The molecule has 2 atom stereocenters. The number of aryl methyl sites for hydroxylation is 1. The molecule has 1 aliphatic rings. The molecule has 0 spiro atoms. The number of ether oxygens (including phenoxy) is 2. The third kappa shape index (κ3) is 4.95. The zero-order valence-corrected chi connectivity index (χ0v) is 22.5. The summed E-state index contributed by atoms with van der Waals surface area (Å²) in [6, 6.07) is 7.81. The molecule has 208 valence electrons. The van der Waals surface area contributed by atoms with Crippen molar-refractivity contribution in [2.75, 3.05) is 7.11 Å². The summed E-state index contributed by atoms with van der Waals surface area (Å²) in [4.78, 5) is 12.9. The fourth-order valence-corrected chi connectivity index (χ4v) is 4.61. The topological polar surface area (TPSA) is 107 Å². The first-order chi connectivity index (χ1) is 18.9. The number of alkyl halides is 3. The smallest absolute Gasteiger partial charge is 0.387 e. The lowest BCUT2D eigenvalue weighted by molar-refractivity contribution is -0.0502. The van der Waals surface area contributed by atoms with Crippen LogP contribution in [0.15, 0.2) is 36.7 Å². The van der Waals surface area contributed by atoms with Crippen LogP contribution in [0, 0.1) is 11.3 Å². The third-order valence-corrected chi connectivity index (χ3v) is 6.69. The molecular weight excluding hydrogens is 525 g/mol. The molecular formula is C28H27F3N6O3. The average molecular weight is 553 g/mol. The number of nitriles is 1. The Labute approximate surface area is 228 Å². The van der Waals surface area contributed by atoms with Crippen molar-refractivity contribution in [3.63, 3.8) is 0 Å². The number of rotatable bonds is 7. The summed E-state index contributed by atoms with van der Waals surface area (Å²) in [5.74, 6) is -1.30. The maximum Gasteiger partial charge on any atom is 0.387 e. The van der Waals surface area contributed by atoms with Crippen LogP contribution in [0.5, 0.6) is 11.5 Å². The van der Waals surface area contributed by atoms with Gasteiger partial charge in [0.15, 0.2) is 0 Å². The Morgan fingerprint density at radius 1 is 1.18 bits per heavy atom. The lowest BCUT2D eigenvalue weighted by Gasteiger charge is -2.18. The van der Waals surface area contributed by atoms with Crippen molar-refractivity contribution in [2.24, 2.45) is 7.05 Å². The van der Waals surface area contributed by atoms with Crippen LogP contribution in [0.1, 0.15) is 43.1 Å². The number of carbonyl (C=O) groups excluding carboxylic acids is 1. The first kappa shape index (κ1) is 27.1. The van der Waals surface area contributed by atoms with Crippen LogP contribution in [0.2, 0.25) is 0 Å². The van der Waals surface area contributed by atoms with Gasteiger partial charge >= 0.3 is 6.61 Å². The molecule has 5 rings (SSSR count). The van der Waals surface area contributed by atoms with E-state index in [4.69, 9.17) is 9.47 Å². The number of hydrogen-bond donors (Lipinski definition) is 1. The molecule has 4 aromatic rings. The predicted octanol–water partition coefficient (Wildman–Crippen LogP) is 5.18. The van der Waals surface area contributed by atoms with E-state index in [1.807, 2.05) is 37.7 Å². The van der Waals surface area contributed by atoms with Crippen molar-refractivity contribution < 1.29 is 27.4 Å². The second-order valence-electron chi connectivity index (χ2n) is 10.6. The summed E-state index contributed by atoms with van der Waals surface area (Å²) >= 11 is 0. The van der Waals surface area contributed by atoms with Crippen molar-refractivity contribution in [1.82, 2.24) is 24.9 Å². The molecule has 40 heavy (non-hydrogen) atoms. The summed E-state index contributed by atoms with van der Waals surface area (Å²) in [6.07, 6.45) is 2.56. The summed E-state index contributed by atoms with van der Waals surface area (Å²) in [6.45, 7) is 2.84. The Hall–Kier alpha value is -4.53. The molecule has 0 bridgehead atoms. The van der Waals surface area contributed by atoms with Gasteiger partial charge in [-0.3, -0.25) is 14.2 Å². The second-order valence-corrected chi connectivity index (χ2v) is 10.6. The maximum absolute atomic E-state index is 13.4. The van der Waals surface area contributed by atoms with Gasteiger partial charge in [-0.1, -0.05) is 0 Å². The van der Waals surface area contributed by atoms with E-state index in [1.165, 1.54) is 23.9 Å². The van der Waals surface area contributed by atoms with Gasteiger partial charge in [0, 0.05) is 36.2 Å². The number of amides is 1. The standard InChI is InChI=1S/C28H27F3N6O3/c1-28(2,3)37-13-17(12-33-37)14-6-16(11-32)23-20(7-14)35-36(4)25(23)15-8-21(39-5)24(22(9-15)40-27(30)31)26(38)34-19-10-18(19)29/h6-9,12-13,18-19,27H,10H2,1-5H3,(H,34,38)/t18-,19+/m0/s1. The largest absolute Gasteiger partial charge is 0.496 e. The normalized spacial score (nSPS) is 16.7. The van der Waals surface area contributed by atoms with Gasteiger partial charge in [-0.25, -0.2) is 4.39 Å². The molecule has 1 fully saturated rings. The Morgan fingerprint density at radius 2 is 1.88 bits per heavy atom. The van der Waals surface area contributed by atoms with Crippen molar-refractivity contribution in [1.29, 1.82) is 5.26 Å². The Bertz CT molecular complexity index is 1660. The number of aromatic nitrogens is 4. The molecule has 12 heteroatoms. The molecule has 0 aliphatic heterocycles. The number of halogens is 3. The molecule has 2 aromatic heterocycles. The van der Waals surface area contributed by atoms with Gasteiger partial charge in [-0.15, -0.1) is 0 Å². The van der Waals surface area contributed by atoms with Gasteiger partial charge in [0.2, 0.25) is 0 Å². The van der Waals surface area contributed by atoms with E-state index >= 15 is 0 Å². The molecule has 0 radical (unpaired) electrons. The first-order valence-electron chi connectivity index (χ1n) is 12.5. The van der Waals surface area contributed by atoms with E-state index in [1.54, 1.807) is 19.3 Å². The average Bonchev–Trinajstić information content (AvgIpc) is 3.25. The van der Waals surface area contributed by atoms with E-state index in [9.17, 15) is 23.2 Å². The lowest BCUT2D eigenvalue weighted by atomic mass is 9.97. The van der Waals surface area contributed by atoms with Crippen molar-refractivity contribution in [3.05, 3.63) is 47.8 Å². The molecule has 1 saturated carbocycles. The highest BCUT2D eigenvalue weighted by Gasteiger charge is 2.40. The van der Waals surface area contributed by atoms with E-state index in [0.29, 0.717) is 27.7 Å². The van der Waals surface area contributed by atoms with Crippen LogP contribution in [-0.4, -0.2) is 51.4 Å². The van der Waals surface area contributed by atoms with Crippen molar-refractivity contribution in [3.8, 4) is 40.0 Å². The summed E-state index contributed by atoms with van der Waals surface area (Å²) in [5.41, 5.74) is 2.58. The zero-order valence-electron chi connectivity index (χ0n) is 22.5. The fourth-order valence-electron chi connectivity index (χ4n) is 4.61. The number of nitrogens with one attached hydrogen (secondary N) is 1. The van der Waals surface area contributed by atoms with Gasteiger partial charge in [-0.2, -0.15) is 24.2 Å². The zero-order chi connectivity index (χ0) is 28.9. The maximum atomic E-state index is 13.4. The number of carbonyl (C=O) groups is 1. The summed E-state index contributed by atoms with van der Waals surface area (Å²) in [5, 5.41) is 22.1. The first-order valence-corrected chi connectivity index (χ1v) is 12.5. The van der Waals surface area contributed by atoms with Gasteiger partial charge in [0.05, 0.1) is 47.7 Å². The molecule has 0 saturated heterocycles. The van der Waals surface area contributed by atoms with Crippen molar-refractivity contribution in [2.45, 2.75) is 51.6 Å². The predicted molar refractivity (Wildman–Crippen MR) is 141 cm³/mol. The quantitative estimate of drug-likeness (QED) is 0.339. The van der Waals surface area contributed by atoms with Crippen LogP contribution >= 0.6 is 0 Å². The van der Waals surface area contributed by atoms with Crippen LogP contribution in [-0.2, 0) is 12.6 Å². The number of methoxy groups -OCH3 is 1. The van der Waals surface area contributed by atoms with Gasteiger partial charge in [0.25, 0.3) is 5.91 Å². The fraction of sp³-hybridized carbons (Fsp3) is 0.357. The second kappa shape index (κ2) is 9.89. The van der Waals surface area contributed by atoms with E-state index < -0.39 is 30.5 Å². The number of benzene rings is 2. The van der Waals surface area contributed by atoms with Gasteiger partial charge < -0.3 is 14.8 Å². The van der Waals surface area contributed by atoms with Crippen LogP contribution in [0.25, 0.3) is 33.3 Å². The molecule has 2 aromatic carbocycles. The van der Waals surface area contributed by atoms with Crippen LogP contribution < -0.4 is 14.8 Å². The molecule has 1 aliphatic carbocycles. The van der Waals surface area contributed by atoms with Gasteiger partial charge in [0.1, 0.15) is 23.2 Å². The Kier molecular flexibility index (Phi) is 6.69. The number of fused-ring (bicyclic) bond motifs is 1. The molecule has 9 nitrogen and oxygen atoms in total. The highest BCUT2D eigenvalue weighted by Crippen LogP contribution is 2.40. The number of hydrogen-bond acceptors (Lipinski definition) is 6. The van der Waals surface area contributed by atoms with E-state index in [2.05, 4.69) is 21.6 Å². The van der Waals surface area contributed by atoms with Crippen LogP contribution in [0.3, 0.4) is 0 Å². The highest BCUT2D eigenvalue weighted by atomic mass is 19.3. The molecule has 1 N–H and O–H groups in total. The number of nitrogens with zero attached hydrogens (tertiary/aromatic N) is 5. The highest BCUT2D eigenvalue weighted by molar-refractivity contribution is 6.03. The van der Waals surface area contributed by atoms with E-state index in [0.717, 1.165) is 11.1 Å². The molecule has 0 unspecified atom stereocenters. The van der Waals surface area contributed by atoms with Crippen molar-refractivity contribution >= 4 is 16.8 Å². The minimum Gasteiger partial charge on any atom is -0.496 e. The SMILES string of the molecule is COc1cc(-c2c3c(C#N)cc(-c4cnn(C(C)(C)C)c4)cc3nn2C)cc(OC(F)F)c1C(=O)N[C@@H]1C[C@@H]1F. The van der Waals surface area contributed by atoms with E-state index in [-0.39, 0.29) is 23.3 Å². The van der Waals surface area contributed by atoms with Crippen LogP contribution in [0.4, 0.5) is 13.2 Å². The minimum atomic E-state index is -3.24. The minimum absolute atomic E-state index is 0.0548. The summed E-state index contributed by atoms with van der Waals surface area (Å²) in [7, 11) is 2.94. The molecule has 1 amide bonds. The Morgan fingerprint density at radius 3 is 2.45 bits per heavy atom. The lowest BCUT2D eigenvalue weighted by Crippen LogP contribution is -2.28. The monoisotopic (exact) mass is 552 g/mol.